The van der Waals surface area contributed by atoms with Crippen molar-refractivity contribution in [2.24, 2.45) is 0 Å². The molecule has 0 aromatic heterocycles. The van der Waals surface area contributed by atoms with Crippen molar-refractivity contribution < 1.29 is 9.50 Å². The van der Waals surface area contributed by atoms with Gasteiger partial charge in [-0.2, -0.15) is 0 Å². The quantitative estimate of drug-likeness (QED) is 0.906. The number of hydrogen-bond acceptors (Lipinski definition) is 2. The number of fused-ring (bicyclic) bond motifs is 1. The molecule has 0 radical (unpaired) electrons. The van der Waals surface area contributed by atoms with E-state index in [1.807, 2.05) is 0 Å². The van der Waals surface area contributed by atoms with Gasteiger partial charge in [0.1, 0.15) is 5.82 Å². The van der Waals surface area contributed by atoms with E-state index >= 15 is 0 Å². The van der Waals surface area contributed by atoms with Crippen LogP contribution < -0.4 is 0 Å². The first-order chi connectivity index (χ1) is 10.2. The van der Waals surface area contributed by atoms with Crippen molar-refractivity contribution in [2.45, 2.75) is 32.0 Å². The minimum Gasteiger partial charge on any atom is -0.388 e. The van der Waals surface area contributed by atoms with Crippen LogP contribution in [0, 0.1) is 5.82 Å². The van der Waals surface area contributed by atoms with Crippen LogP contribution >= 0.6 is 0 Å². The fraction of sp³-hybridized carbons (Fsp3) is 0.333. The molecule has 0 bridgehead atoms. The van der Waals surface area contributed by atoms with Gasteiger partial charge in [0.2, 0.25) is 0 Å². The second kappa shape index (κ2) is 6.37. The van der Waals surface area contributed by atoms with E-state index in [1.165, 1.54) is 23.3 Å². The van der Waals surface area contributed by atoms with Gasteiger partial charge in [-0.25, -0.2) is 4.39 Å². The zero-order valence-electron chi connectivity index (χ0n) is 12.0. The number of hydrogen-bond donors (Lipinski definition) is 1. The van der Waals surface area contributed by atoms with E-state index in [0.29, 0.717) is 6.42 Å². The first-order valence-corrected chi connectivity index (χ1v) is 7.45. The van der Waals surface area contributed by atoms with Gasteiger partial charge in [-0.05, 0) is 48.2 Å². The summed E-state index contributed by atoms with van der Waals surface area (Å²) in [5.74, 6) is -0.263. The molecule has 1 aliphatic heterocycles. The van der Waals surface area contributed by atoms with Crippen LogP contribution in [-0.2, 0) is 13.1 Å². The van der Waals surface area contributed by atoms with Crippen LogP contribution in [0.15, 0.2) is 48.5 Å². The summed E-state index contributed by atoms with van der Waals surface area (Å²) in [4.78, 5) is 2.40. The van der Waals surface area contributed by atoms with Crippen LogP contribution in [0.1, 0.15) is 35.6 Å². The summed E-state index contributed by atoms with van der Waals surface area (Å²) in [6, 6.07) is 14.6. The molecule has 2 aromatic rings. The summed E-state index contributed by atoms with van der Waals surface area (Å²) in [5, 5.41) is 10.1. The third-order valence-electron chi connectivity index (χ3n) is 4.11. The number of nitrogens with zero attached hydrogens (tertiary/aromatic N) is 1. The topological polar surface area (TPSA) is 23.5 Å². The highest BCUT2D eigenvalue weighted by atomic mass is 19.1. The number of rotatable bonds is 5. The van der Waals surface area contributed by atoms with Crippen molar-refractivity contribution >= 4 is 0 Å². The molecule has 1 atom stereocenters. The lowest BCUT2D eigenvalue weighted by atomic mass is 10.0. The van der Waals surface area contributed by atoms with Gasteiger partial charge in [-0.1, -0.05) is 36.4 Å². The normalized spacial score (nSPS) is 15.9. The Morgan fingerprint density at radius 1 is 1.00 bits per heavy atom. The van der Waals surface area contributed by atoms with Gasteiger partial charge < -0.3 is 5.11 Å². The van der Waals surface area contributed by atoms with Crippen LogP contribution in [0.5, 0.6) is 0 Å². The molecule has 0 saturated heterocycles. The van der Waals surface area contributed by atoms with Crippen LogP contribution in [0.2, 0.25) is 0 Å². The summed E-state index contributed by atoms with van der Waals surface area (Å²) in [6.45, 7) is 2.98. The van der Waals surface area contributed by atoms with Gasteiger partial charge in [0.05, 0.1) is 6.10 Å². The number of aliphatic hydroxyl groups is 1. The predicted octanol–water partition coefficient (Wildman–Crippen LogP) is 3.66. The third kappa shape index (κ3) is 3.49. The average molecular weight is 285 g/mol. The van der Waals surface area contributed by atoms with E-state index in [-0.39, 0.29) is 5.82 Å². The first kappa shape index (κ1) is 14.2. The van der Waals surface area contributed by atoms with E-state index in [0.717, 1.165) is 31.6 Å². The highest BCUT2D eigenvalue weighted by Gasteiger charge is 2.18. The van der Waals surface area contributed by atoms with Crippen molar-refractivity contribution in [3.63, 3.8) is 0 Å². The molecule has 1 N–H and O–H groups in total. The molecule has 21 heavy (non-hydrogen) atoms. The van der Waals surface area contributed by atoms with Gasteiger partial charge in [-0.3, -0.25) is 4.90 Å². The summed E-state index contributed by atoms with van der Waals surface area (Å²) in [7, 11) is 0. The Hall–Kier alpha value is -1.71. The fourth-order valence-electron chi connectivity index (χ4n) is 2.92. The van der Waals surface area contributed by atoms with Crippen molar-refractivity contribution in [1.82, 2.24) is 4.90 Å². The molecule has 2 nitrogen and oxygen atoms in total. The molecule has 3 rings (SSSR count). The number of aliphatic hydroxyl groups excluding tert-OH is 1. The Kier molecular flexibility index (Phi) is 4.32. The highest BCUT2D eigenvalue weighted by Crippen LogP contribution is 2.24. The lowest BCUT2D eigenvalue weighted by molar-refractivity contribution is 0.155. The maximum atomic E-state index is 12.8. The van der Waals surface area contributed by atoms with Crippen LogP contribution in [0.25, 0.3) is 0 Å². The molecule has 0 amide bonds. The van der Waals surface area contributed by atoms with Gasteiger partial charge in [0, 0.05) is 13.1 Å². The summed E-state index contributed by atoms with van der Waals surface area (Å²) in [6.07, 6.45) is 1.14. The monoisotopic (exact) mass is 285 g/mol. The fourth-order valence-corrected chi connectivity index (χ4v) is 2.92. The molecule has 1 heterocycles. The molecule has 0 fully saturated rings. The van der Waals surface area contributed by atoms with Gasteiger partial charge in [-0.15, -0.1) is 0 Å². The van der Waals surface area contributed by atoms with E-state index in [4.69, 9.17) is 0 Å². The Bertz CT molecular complexity index is 571. The summed E-state index contributed by atoms with van der Waals surface area (Å²) >= 11 is 0. The maximum absolute atomic E-state index is 12.8. The SMILES string of the molecule is OC(CCCN1Cc2ccccc2C1)c1ccc(F)cc1. The van der Waals surface area contributed by atoms with E-state index in [9.17, 15) is 9.50 Å². The van der Waals surface area contributed by atoms with Gasteiger partial charge in [0.15, 0.2) is 0 Å². The second-order valence-corrected chi connectivity index (χ2v) is 5.69. The Labute approximate surface area is 124 Å². The standard InChI is InChI=1S/C18H20FNO/c19-17-9-7-14(8-10-17)18(21)6-3-11-20-12-15-4-1-2-5-16(15)13-20/h1-2,4-5,7-10,18,21H,3,6,11-13H2. The second-order valence-electron chi connectivity index (χ2n) is 5.69. The third-order valence-corrected chi connectivity index (χ3v) is 4.11. The van der Waals surface area contributed by atoms with Crippen molar-refractivity contribution in [1.29, 1.82) is 0 Å². The van der Waals surface area contributed by atoms with Crippen molar-refractivity contribution in [2.75, 3.05) is 6.54 Å². The Morgan fingerprint density at radius 2 is 1.62 bits per heavy atom. The molecular weight excluding hydrogens is 265 g/mol. The Morgan fingerprint density at radius 3 is 2.24 bits per heavy atom. The summed E-state index contributed by atoms with van der Waals surface area (Å²) < 4.78 is 12.8. The lowest BCUT2D eigenvalue weighted by Crippen LogP contribution is -2.18. The number of benzene rings is 2. The average Bonchev–Trinajstić information content (AvgIpc) is 2.90. The lowest BCUT2D eigenvalue weighted by Gasteiger charge is -2.16. The molecule has 0 spiro atoms. The molecule has 3 heteroatoms. The Balaban J connectivity index is 1.46. The maximum Gasteiger partial charge on any atom is 0.123 e. The minimum atomic E-state index is -0.504. The smallest absolute Gasteiger partial charge is 0.123 e. The van der Waals surface area contributed by atoms with Crippen LogP contribution in [0.4, 0.5) is 4.39 Å². The van der Waals surface area contributed by atoms with Crippen molar-refractivity contribution in [3.8, 4) is 0 Å². The van der Waals surface area contributed by atoms with E-state index in [1.54, 1.807) is 12.1 Å². The minimum absolute atomic E-state index is 0.263. The molecule has 2 aromatic carbocycles. The summed E-state index contributed by atoms with van der Waals surface area (Å²) in [5.41, 5.74) is 3.62. The molecular formula is C18H20FNO. The predicted molar refractivity (Wildman–Crippen MR) is 81.1 cm³/mol. The molecule has 0 saturated carbocycles. The van der Waals surface area contributed by atoms with Crippen molar-refractivity contribution in [3.05, 3.63) is 71.0 Å². The van der Waals surface area contributed by atoms with Gasteiger partial charge >= 0.3 is 0 Å². The highest BCUT2D eigenvalue weighted by molar-refractivity contribution is 5.30. The van der Waals surface area contributed by atoms with E-state index < -0.39 is 6.10 Å². The number of halogens is 1. The van der Waals surface area contributed by atoms with E-state index in [2.05, 4.69) is 29.2 Å². The largest absolute Gasteiger partial charge is 0.388 e. The molecule has 1 unspecified atom stereocenters. The van der Waals surface area contributed by atoms with Crippen LogP contribution in [-0.4, -0.2) is 16.6 Å². The van der Waals surface area contributed by atoms with Crippen LogP contribution in [0.3, 0.4) is 0 Å². The first-order valence-electron chi connectivity index (χ1n) is 7.45. The molecule has 0 aliphatic carbocycles. The molecule has 110 valence electrons. The van der Waals surface area contributed by atoms with Gasteiger partial charge in [0.25, 0.3) is 0 Å². The zero-order valence-corrected chi connectivity index (χ0v) is 12.0. The zero-order chi connectivity index (χ0) is 14.7. The molecule has 1 aliphatic rings.